The number of rotatable bonds is 9. The number of aromatic nitrogens is 2. The van der Waals surface area contributed by atoms with Crippen molar-refractivity contribution in [2.45, 2.75) is 44.7 Å². The zero-order valence-corrected chi connectivity index (χ0v) is 18.4. The molecule has 10 heteroatoms. The Balaban J connectivity index is 2.22. The minimum absolute atomic E-state index is 0.0415. The van der Waals surface area contributed by atoms with Gasteiger partial charge in [-0.1, -0.05) is 0 Å². The zero-order chi connectivity index (χ0) is 21.8. The van der Waals surface area contributed by atoms with Crippen molar-refractivity contribution in [1.82, 2.24) is 14.1 Å². The van der Waals surface area contributed by atoms with Gasteiger partial charge in [-0.25, -0.2) is 17.4 Å². The molecule has 2 rings (SSSR count). The topological polar surface area (TPSA) is 106 Å². The molecule has 0 saturated carbocycles. The van der Waals surface area contributed by atoms with Gasteiger partial charge in [-0.05, 0) is 45.9 Å². The van der Waals surface area contributed by atoms with Crippen LogP contribution in [-0.2, 0) is 14.8 Å². The number of nitrogens with zero attached hydrogens (tertiary/aromatic N) is 3. The lowest BCUT2D eigenvalue weighted by molar-refractivity contribution is -0.116. The Labute approximate surface area is 172 Å². The predicted octanol–water partition coefficient (Wildman–Crippen LogP) is 2.55. The zero-order valence-electron chi connectivity index (χ0n) is 17.6. The predicted molar refractivity (Wildman–Crippen MR) is 113 cm³/mol. The quantitative estimate of drug-likeness (QED) is 0.642. The number of carbonyl (C=O) groups is 1. The highest BCUT2D eigenvalue weighted by Gasteiger charge is 2.24. The molecule has 1 atom stereocenters. The van der Waals surface area contributed by atoms with Crippen molar-refractivity contribution >= 4 is 27.4 Å². The first-order valence-corrected chi connectivity index (χ1v) is 10.8. The van der Waals surface area contributed by atoms with Crippen LogP contribution in [0.4, 0.5) is 11.5 Å². The molecule has 2 N–H and O–H groups in total. The van der Waals surface area contributed by atoms with Crippen LogP contribution < -0.4 is 15.4 Å². The number of sulfonamides is 1. The first-order valence-electron chi connectivity index (χ1n) is 9.38. The van der Waals surface area contributed by atoms with Crippen molar-refractivity contribution < 1.29 is 17.9 Å². The summed E-state index contributed by atoms with van der Waals surface area (Å²) in [5.74, 6) is 0.601. The average molecular weight is 424 g/mol. The molecule has 0 radical (unpaired) electrons. The van der Waals surface area contributed by atoms with Gasteiger partial charge >= 0.3 is 0 Å². The largest absolute Gasteiger partial charge is 0.492 e. The van der Waals surface area contributed by atoms with Gasteiger partial charge in [0.2, 0.25) is 15.9 Å². The highest BCUT2D eigenvalue weighted by atomic mass is 32.2. The second kappa shape index (κ2) is 9.27. The van der Waals surface area contributed by atoms with E-state index in [4.69, 9.17) is 4.74 Å². The number of carbonyl (C=O) groups excluding carboxylic acids is 1. The first-order chi connectivity index (χ1) is 13.6. The molecule has 1 aromatic heterocycles. The van der Waals surface area contributed by atoms with Crippen molar-refractivity contribution in [2.24, 2.45) is 0 Å². The van der Waals surface area contributed by atoms with Crippen molar-refractivity contribution in [3.05, 3.63) is 30.5 Å². The lowest BCUT2D eigenvalue weighted by Gasteiger charge is -2.19. The summed E-state index contributed by atoms with van der Waals surface area (Å²) in [6, 6.07) is 5.96. The number of ether oxygens (including phenoxy) is 1. The SMILES string of the molecule is CCOc1ccc(N[C@H](C)C(=O)Nc2ccnn2C(C)C)cc1S(=O)(=O)N(C)C. The molecule has 0 saturated heterocycles. The number of benzene rings is 1. The maximum atomic E-state index is 12.6. The molecule has 1 heterocycles. The lowest BCUT2D eigenvalue weighted by atomic mass is 10.2. The van der Waals surface area contributed by atoms with E-state index >= 15 is 0 Å². The third-order valence-electron chi connectivity index (χ3n) is 4.19. The maximum Gasteiger partial charge on any atom is 0.247 e. The monoisotopic (exact) mass is 423 g/mol. The molecule has 1 aromatic carbocycles. The second-order valence-electron chi connectivity index (χ2n) is 6.99. The van der Waals surface area contributed by atoms with Crippen molar-refractivity contribution in [1.29, 1.82) is 0 Å². The van der Waals surface area contributed by atoms with E-state index in [0.29, 0.717) is 18.1 Å². The minimum Gasteiger partial charge on any atom is -0.492 e. The molecular weight excluding hydrogens is 394 g/mol. The van der Waals surface area contributed by atoms with Crippen molar-refractivity contribution in [3.63, 3.8) is 0 Å². The normalized spacial score (nSPS) is 12.8. The van der Waals surface area contributed by atoms with Gasteiger partial charge in [-0.3, -0.25) is 4.79 Å². The molecule has 0 fully saturated rings. The van der Waals surface area contributed by atoms with Crippen molar-refractivity contribution in [3.8, 4) is 5.75 Å². The third-order valence-corrected chi connectivity index (χ3v) is 6.03. The standard InChI is InChI=1S/C19H29N5O4S/c1-7-28-16-9-8-15(12-17(16)29(26,27)23(5)6)21-14(4)19(25)22-18-10-11-20-24(18)13(2)3/h8-14,21H,7H2,1-6H3,(H,22,25)/t14-/m1/s1. The smallest absolute Gasteiger partial charge is 0.247 e. The summed E-state index contributed by atoms with van der Waals surface area (Å²) < 4.78 is 33.6. The Kier molecular flexibility index (Phi) is 7.26. The fourth-order valence-corrected chi connectivity index (χ4v) is 3.70. The van der Waals surface area contributed by atoms with E-state index < -0.39 is 16.1 Å². The van der Waals surface area contributed by atoms with Gasteiger partial charge in [0.25, 0.3) is 0 Å². The van der Waals surface area contributed by atoms with E-state index in [9.17, 15) is 13.2 Å². The average Bonchev–Trinajstić information content (AvgIpc) is 3.11. The highest BCUT2D eigenvalue weighted by molar-refractivity contribution is 7.89. The molecule has 29 heavy (non-hydrogen) atoms. The van der Waals surface area contributed by atoms with Crippen LogP contribution in [0.3, 0.4) is 0 Å². The van der Waals surface area contributed by atoms with E-state index in [1.165, 1.54) is 20.2 Å². The molecule has 9 nitrogen and oxygen atoms in total. The van der Waals surface area contributed by atoms with Crippen LogP contribution in [-0.4, -0.2) is 55.2 Å². The Hall–Kier alpha value is -2.59. The van der Waals surface area contributed by atoms with Crippen LogP contribution in [0.5, 0.6) is 5.75 Å². The molecule has 0 spiro atoms. The fourth-order valence-electron chi connectivity index (χ4n) is 2.65. The molecule has 160 valence electrons. The first kappa shape index (κ1) is 22.7. The van der Waals surface area contributed by atoms with E-state index in [-0.39, 0.29) is 22.6 Å². The summed E-state index contributed by atoms with van der Waals surface area (Å²) in [5, 5.41) is 10.1. The summed E-state index contributed by atoms with van der Waals surface area (Å²) in [6.07, 6.45) is 1.62. The molecule has 0 aliphatic rings. The van der Waals surface area contributed by atoms with Crippen LogP contribution in [0.25, 0.3) is 0 Å². The minimum atomic E-state index is -3.71. The lowest BCUT2D eigenvalue weighted by Crippen LogP contribution is -2.33. The number of hydrogen-bond acceptors (Lipinski definition) is 6. The second-order valence-corrected chi connectivity index (χ2v) is 9.11. The van der Waals surface area contributed by atoms with E-state index in [0.717, 1.165) is 4.31 Å². The molecule has 2 aromatic rings. The number of anilines is 2. The Bertz CT molecular complexity index is 953. The Morgan fingerprint density at radius 3 is 2.52 bits per heavy atom. The summed E-state index contributed by atoms with van der Waals surface area (Å²) in [7, 11) is -0.793. The van der Waals surface area contributed by atoms with E-state index in [2.05, 4.69) is 15.7 Å². The fraction of sp³-hybridized carbons (Fsp3) is 0.474. The van der Waals surface area contributed by atoms with Crippen LogP contribution in [0, 0.1) is 0 Å². The van der Waals surface area contributed by atoms with Crippen LogP contribution >= 0.6 is 0 Å². The molecule has 1 amide bonds. The summed E-state index contributed by atoms with van der Waals surface area (Å²) >= 11 is 0. The van der Waals surface area contributed by atoms with Crippen LogP contribution in [0.2, 0.25) is 0 Å². The Morgan fingerprint density at radius 2 is 1.93 bits per heavy atom. The van der Waals surface area contributed by atoms with Gasteiger partial charge < -0.3 is 15.4 Å². The molecule has 0 bridgehead atoms. The van der Waals surface area contributed by atoms with Gasteiger partial charge in [0.15, 0.2) is 0 Å². The van der Waals surface area contributed by atoms with Gasteiger partial charge in [-0.15, -0.1) is 0 Å². The van der Waals surface area contributed by atoms with Crippen LogP contribution in [0.1, 0.15) is 33.7 Å². The number of amides is 1. The molecule has 0 aliphatic heterocycles. The van der Waals surface area contributed by atoms with Gasteiger partial charge in [0, 0.05) is 31.9 Å². The number of nitrogens with one attached hydrogen (secondary N) is 2. The van der Waals surface area contributed by atoms with Crippen LogP contribution in [0.15, 0.2) is 35.4 Å². The summed E-state index contributed by atoms with van der Waals surface area (Å²) in [6.45, 7) is 7.76. The van der Waals surface area contributed by atoms with Gasteiger partial charge in [0.05, 0.1) is 12.8 Å². The molecular formula is C19H29N5O4S. The van der Waals surface area contributed by atoms with E-state index in [1.807, 2.05) is 13.8 Å². The highest BCUT2D eigenvalue weighted by Crippen LogP contribution is 2.29. The van der Waals surface area contributed by atoms with Gasteiger partial charge in [-0.2, -0.15) is 5.10 Å². The number of hydrogen-bond donors (Lipinski definition) is 2. The summed E-state index contributed by atoms with van der Waals surface area (Å²) in [5.41, 5.74) is 0.494. The van der Waals surface area contributed by atoms with Crippen molar-refractivity contribution in [2.75, 3.05) is 31.3 Å². The third kappa shape index (κ3) is 5.27. The summed E-state index contributed by atoms with van der Waals surface area (Å²) in [4.78, 5) is 12.6. The Morgan fingerprint density at radius 1 is 1.24 bits per heavy atom. The molecule has 0 aliphatic carbocycles. The van der Waals surface area contributed by atoms with E-state index in [1.54, 1.807) is 42.9 Å². The molecule has 0 unspecified atom stereocenters. The maximum absolute atomic E-state index is 12.6. The van der Waals surface area contributed by atoms with Gasteiger partial charge in [0.1, 0.15) is 22.5 Å².